The molecule has 0 aliphatic carbocycles. The zero-order chi connectivity index (χ0) is 15.6. The molecule has 1 aliphatic rings. The van der Waals surface area contributed by atoms with Gasteiger partial charge in [0.25, 0.3) is 0 Å². The van der Waals surface area contributed by atoms with Gasteiger partial charge in [-0.1, -0.05) is 0 Å². The second-order valence-electron chi connectivity index (χ2n) is 5.42. The first-order chi connectivity index (χ1) is 9.86. The first-order valence-corrected chi connectivity index (χ1v) is 9.19. The number of rotatable bonds is 4. The van der Waals surface area contributed by atoms with E-state index in [9.17, 15) is 8.42 Å². The van der Waals surface area contributed by atoms with Crippen LogP contribution in [0.4, 0.5) is 0 Å². The van der Waals surface area contributed by atoms with Crippen LogP contribution in [0.1, 0.15) is 19.8 Å². The monoisotopic (exact) mass is 376 g/mol. The molecule has 0 aromatic heterocycles. The number of hydrogen-bond acceptors (Lipinski definition) is 4. The Morgan fingerprint density at radius 2 is 2.19 bits per heavy atom. The van der Waals surface area contributed by atoms with Crippen LogP contribution in [0.15, 0.2) is 27.6 Å². The lowest BCUT2D eigenvalue weighted by Gasteiger charge is -2.34. The zero-order valence-electron chi connectivity index (χ0n) is 12.3. The average Bonchev–Trinajstić information content (AvgIpc) is 2.46. The van der Waals surface area contributed by atoms with Gasteiger partial charge in [0, 0.05) is 23.6 Å². The van der Waals surface area contributed by atoms with E-state index in [1.54, 1.807) is 25.3 Å². The number of methoxy groups -OCH3 is 1. The molecule has 2 atom stereocenters. The molecule has 118 valence electrons. The van der Waals surface area contributed by atoms with Crippen LogP contribution >= 0.6 is 15.9 Å². The normalized spacial score (nSPS) is 22.0. The maximum absolute atomic E-state index is 12.8. The molecule has 2 unspecified atom stereocenters. The van der Waals surface area contributed by atoms with E-state index in [2.05, 4.69) is 15.9 Å². The Kier molecular flexibility index (Phi) is 5.29. The highest BCUT2D eigenvalue weighted by Gasteiger charge is 2.32. The van der Waals surface area contributed by atoms with Gasteiger partial charge < -0.3 is 10.5 Å². The molecule has 0 bridgehead atoms. The van der Waals surface area contributed by atoms with Crippen molar-refractivity contribution in [3.05, 3.63) is 22.7 Å². The maximum atomic E-state index is 12.8. The molecule has 5 nitrogen and oxygen atoms in total. The van der Waals surface area contributed by atoms with Crippen LogP contribution in [-0.4, -0.2) is 39.0 Å². The van der Waals surface area contributed by atoms with Crippen molar-refractivity contribution in [2.75, 3.05) is 20.2 Å². The van der Waals surface area contributed by atoms with Crippen molar-refractivity contribution in [1.29, 1.82) is 0 Å². The van der Waals surface area contributed by atoms with Gasteiger partial charge in [0.05, 0.1) is 12.0 Å². The van der Waals surface area contributed by atoms with Gasteiger partial charge in [-0.05, 0) is 59.8 Å². The summed E-state index contributed by atoms with van der Waals surface area (Å²) in [6.45, 7) is 2.96. The number of hydrogen-bond donors (Lipinski definition) is 1. The van der Waals surface area contributed by atoms with Crippen LogP contribution in [-0.2, 0) is 10.0 Å². The van der Waals surface area contributed by atoms with Gasteiger partial charge in [-0.15, -0.1) is 0 Å². The van der Waals surface area contributed by atoms with Crippen molar-refractivity contribution in [1.82, 2.24) is 4.31 Å². The van der Waals surface area contributed by atoms with Gasteiger partial charge >= 0.3 is 0 Å². The van der Waals surface area contributed by atoms with E-state index in [1.165, 1.54) is 4.31 Å². The average molecular weight is 377 g/mol. The first kappa shape index (κ1) is 16.7. The summed E-state index contributed by atoms with van der Waals surface area (Å²) in [5.74, 6) is 0.832. The molecular formula is C14H21BrN2O3S. The molecule has 1 aromatic carbocycles. The second-order valence-corrected chi connectivity index (χ2v) is 8.18. The highest BCUT2D eigenvalue weighted by Crippen LogP contribution is 2.31. The lowest BCUT2D eigenvalue weighted by Crippen LogP contribution is -2.45. The Balaban J connectivity index is 2.29. The van der Waals surface area contributed by atoms with Crippen LogP contribution in [0.3, 0.4) is 0 Å². The molecule has 1 saturated heterocycles. The Hall–Kier alpha value is -0.630. The lowest BCUT2D eigenvalue weighted by atomic mass is 9.93. The lowest BCUT2D eigenvalue weighted by molar-refractivity contribution is 0.243. The summed E-state index contributed by atoms with van der Waals surface area (Å²) < 4.78 is 32.7. The molecule has 1 aliphatic heterocycles. The minimum atomic E-state index is -3.51. The zero-order valence-corrected chi connectivity index (χ0v) is 14.7. The van der Waals surface area contributed by atoms with Crippen molar-refractivity contribution in [2.45, 2.75) is 30.7 Å². The third-order valence-corrected chi connectivity index (χ3v) is 6.76. The van der Waals surface area contributed by atoms with E-state index in [0.29, 0.717) is 23.3 Å². The number of nitrogens with zero attached hydrogens (tertiary/aromatic N) is 1. The Morgan fingerprint density at radius 3 is 2.76 bits per heavy atom. The summed E-state index contributed by atoms with van der Waals surface area (Å²) >= 11 is 3.32. The minimum Gasteiger partial charge on any atom is -0.497 e. The fraction of sp³-hybridized carbons (Fsp3) is 0.571. The molecule has 0 amide bonds. The van der Waals surface area contributed by atoms with Crippen molar-refractivity contribution in [2.24, 2.45) is 11.7 Å². The number of sulfonamides is 1. The van der Waals surface area contributed by atoms with Crippen molar-refractivity contribution >= 4 is 26.0 Å². The van der Waals surface area contributed by atoms with E-state index in [4.69, 9.17) is 10.5 Å². The van der Waals surface area contributed by atoms with Gasteiger partial charge in [-0.2, -0.15) is 4.31 Å². The standard InChI is InChI=1S/C14H21BrN2O3S/c1-10(16)11-4-3-7-17(9-11)21(18,19)14-6-5-12(20-2)8-13(14)15/h5-6,8,10-11H,3-4,7,9,16H2,1-2H3. The van der Waals surface area contributed by atoms with Crippen molar-refractivity contribution in [3.8, 4) is 5.75 Å². The van der Waals surface area contributed by atoms with Gasteiger partial charge in [-0.25, -0.2) is 8.42 Å². The Labute approximate surface area is 134 Å². The largest absolute Gasteiger partial charge is 0.497 e. The summed E-state index contributed by atoms with van der Waals surface area (Å²) in [5, 5.41) is 0. The fourth-order valence-corrected chi connectivity index (χ4v) is 5.13. The smallest absolute Gasteiger partial charge is 0.244 e. The number of halogens is 1. The number of piperidine rings is 1. The first-order valence-electron chi connectivity index (χ1n) is 6.95. The van der Waals surface area contributed by atoms with Crippen molar-refractivity contribution in [3.63, 3.8) is 0 Å². The van der Waals surface area contributed by atoms with Crippen LogP contribution in [0, 0.1) is 5.92 Å². The van der Waals surface area contributed by atoms with Gasteiger partial charge in [-0.3, -0.25) is 0 Å². The van der Waals surface area contributed by atoms with E-state index in [1.807, 2.05) is 6.92 Å². The van der Waals surface area contributed by atoms with Gasteiger partial charge in [0.1, 0.15) is 5.75 Å². The topological polar surface area (TPSA) is 72.6 Å². The molecule has 21 heavy (non-hydrogen) atoms. The molecule has 7 heteroatoms. The summed E-state index contributed by atoms with van der Waals surface area (Å²) in [7, 11) is -1.96. The molecule has 2 N–H and O–H groups in total. The van der Waals surface area contributed by atoms with Gasteiger partial charge in [0.15, 0.2) is 0 Å². The van der Waals surface area contributed by atoms with Crippen LogP contribution in [0.25, 0.3) is 0 Å². The number of ether oxygens (including phenoxy) is 1. The van der Waals surface area contributed by atoms with Gasteiger partial charge in [0.2, 0.25) is 10.0 Å². The summed E-state index contributed by atoms with van der Waals surface area (Å²) in [6, 6.07) is 4.90. The molecular weight excluding hydrogens is 356 g/mol. The highest BCUT2D eigenvalue weighted by molar-refractivity contribution is 9.10. The number of benzene rings is 1. The molecule has 0 radical (unpaired) electrons. The highest BCUT2D eigenvalue weighted by atomic mass is 79.9. The summed E-state index contributed by atoms with van der Waals surface area (Å²) in [5.41, 5.74) is 5.93. The predicted molar refractivity (Wildman–Crippen MR) is 85.8 cm³/mol. The second kappa shape index (κ2) is 6.64. The number of nitrogens with two attached hydrogens (primary N) is 1. The third-order valence-electron chi connectivity index (χ3n) is 3.92. The van der Waals surface area contributed by atoms with E-state index >= 15 is 0 Å². The summed E-state index contributed by atoms with van der Waals surface area (Å²) in [6.07, 6.45) is 1.83. The molecule has 1 aromatic rings. The molecule has 2 rings (SSSR count). The van der Waals surface area contributed by atoms with Crippen LogP contribution in [0.5, 0.6) is 5.75 Å². The van der Waals surface area contributed by atoms with Crippen LogP contribution in [0.2, 0.25) is 0 Å². The minimum absolute atomic E-state index is 0.00214. The maximum Gasteiger partial charge on any atom is 0.244 e. The third kappa shape index (κ3) is 3.59. The van der Waals surface area contributed by atoms with E-state index in [-0.39, 0.29) is 16.9 Å². The molecule has 1 fully saturated rings. The summed E-state index contributed by atoms with van der Waals surface area (Å²) in [4.78, 5) is 0.272. The van der Waals surface area contributed by atoms with Crippen molar-refractivity contribution < 1.29 is 13.2 Å². The van der Waals surface area contributed by atoms with E-state index in [0.717, 1.165) is 12.8 Å². The molecule has 1 heterocycles. The fourth-order valence-electron chi connectivity index (χ4n) is 2.58. The Morgan fingerprint density at radius 1 is 1.48 bits per heavy atom. The molecule has 0 saturated carbocycles. The van der Waals surface area contributed by atoms with E-state index < -0.39 is 10.0 Å². The molecule has 0 spiro atoms. The predicted octanol–water partition coefficient (Wildman–Crippen LogP) is 2.21. The van der Waals surface area contributed by atoms with Crippen LogP contribution < -0.4 is 10.5 Å². The quantitative estimate of drug-likeness (QED) is 0.873. The Bertz CT molecular complexity index is 604. The SMILES string of the molecule is COc1ccc(S(=O)(=O)N2CCCC(C(C)N)C2)c(Br)c1.